The summed E-state index contributed by atoms with van der Waals surface area (Å²) in [5, 5.41) is 9.54. The van der Waals surface area contributed by atoms with Crippen LogP contribution in [0.25, 0.3) is 11.1 Å². The van der Waals surface area contributed by atoms with E-state index in [0.717, 1.165) is 24.8 Å². The SMILES string of the molecule is CCCCC(Cc1ccc(C(C)C)cc2c(C)ccc1-2)C(=O)O. The Morgan fingerprint density at radius 3 is 2.48 bits per heavy atom. The smallest absolute Gasteiger partial charge is 0.306 e. The van der Waals surface area contributed by atoms with Crippen LogP contribution < -0.4 is 0 Å². The summed E-state index contributed by atoms with van der Waals surface area (Å²) in [6, 6.07) is 10.8. The highest BCUT2D eigenvalue weighted by molar-refractivity contribution is 5.76. The van der Waals surface area contributed by atoms with Gasteiger partial charge in [0.1, 0.15) is 0 Å². The minimum atomic E-state index is -0.675. The molecular weight excluding hydrogens is 284 g/mol. The first-order valence-electron chi connectivity index (χ1n) is 8.69. The summed E-state index contributed by atoms with van der Waals surface area (Å²) in [5.41, 5.74) is 6.18. The van der Waals surface area contributed by atoms with E-state index in [1.807, 2.05) is 0 Å². The van der Waals surface area contributed by atoms with Crippen molar-refractivity contribution in [1.82, 2.24) is 0 Å². The molecule has 0 aromatic rings. The maximum absolute atomic E-state index is 11.6. The molecule has 2 nitrogen and oxygen atoms in total. The summed E-state index contributed by atoms with van der Waals surface area (Å²) in [4.78, 5) is 11.6. The van der Waals surface area contributed by atoms with Crippen molar-refractivity contribution < 1.29 is 9.90 Å². The Labute approximate surface area is 139 Å². The molecule has 1 unspecified atom stereocenters. The topological polar surface area (TPSA) is 37.3 Å². The third kappa shape index (κ3) is 4.13. The first-order chi connectivity index (χ1) is 10.9. The lowest BCUT2D eigenvalue weighted by Gasteiger charge is -2.13. The maximum atomic E-state index is 11.6. The Balaban J connectivity index is 2.41. The Kier molecular flexibility index (Phi) is 5.81. The molecule has 0 aromatic carbocycles. The zero-order chi connectivity index (χ0) is 17.0. The maximum Gasteiger partial charge on any atom is 0.306 e. The number of aryl methyl sites for hydroxylation is 1. The first-order valence-corrected chi connectivity index (χ1v) is 8.69. The molecule has 2 aliphatic rings. The standard InChI is InChI=1S/C21H28O2/c1-5-6-7-18(21(22)23)12-17-10-9-16(14(2)3)13-20-15(4)8-11-19(17)20/h8-11,13-14,18H,5-7,12H2,1-4H3,(H,22,23). The zero-order valence-corrected chi connectivity index (χ0v) is 14.7. The molecule has 0 amide bonds. The molecule has 2 heteroatoms. The fourth-order valence-electron chi connectivity index (χ4n) is 3.14. The van der Waals surface area contributed by atoms with E-state index in [1.165, 1.54) is 22.3 Å². The van der Waals surface area contributed by atoms with Gasteiger partial charge in [0, 0.05) is 0 Å². The van der Waals surface area contributed by atoms with Crippen molar-refractivity contribution in [3.05, 3.63) is 47.0 Å². The second-order valence-electron chi connectivity index (χ2n) is 6.88. The van der Waals surface area contributed by atoms with Gasteiger partial charge in [-0.2, -0.15) is 0 Å². The van der Waals surface area contributed by atoms with E-state index >= 15 is 0 Å². The number of carboxylic acids is 1. The highest BCUT2D eigenvalue weighted by Gasteiger charge is 2.20. The van der Waals surface area contributed by atoms with Crippen molar-refractivity contribution in [3.63, 3.8) is 0 Å². The van der Waals surface area contributed by atoms with Gasteiger partial charge in [-0.25, -0.2) is 0 Å². The highest BCUT2D eigenvalue weighted by Crippen LogP contribution is 2.34. The Morgan fingerprint density at radius 1 is 1.13 bits per heavy atom. The van der Waals surface area contributed by atoms with Gasteiger partial charge in [-0.3, -0.25) is 4.79 Å². The van der Waals surface area contributed by atoms with Gasteiger partial charge in [-0.1, -0.05) is 63.9 Å². The molecule has 0 aliphatic heterocycles. The Bertz CT molecular complexity index is 643. The predicted octanol–water partition coefficient (Wildman–Crippen LogP) is 5.66. The van der Waals surface area contributed by atoms with Crippen LogP contribution >= 0.6 is 0 Å². The van der Waals surface area contributed by atoms with Gasteiger partial charge in [0.15, 0.2) is 0 Å². The second-order valence-corrected chi connectivity index (χ2v) is 6.88. The van der Waals surface area contributed by atoms with Gasteiger partial charge in [0.25, 0.3) is 0 Å². The van der Waals surface area contributed by atoms with Gasteiger partial charge in [-0.05, 0) is 53.5 Å². The van der Waals surface area contributed by atoms with E-state index in [4.69, 9.17) is 0 Å². The molecule has 0 saturated heterocycles. The van der Waals surface area contributed by atoms with Crippen molar-refractivity contribution in [2.75, 3.05) is 0 Å². The van der Waals surface area contributed by atoms with Crippen LogP contribution in [0.1, 0.15) is 62.6 Å². The number of unbranched alkanes of at least 4 members (excludes halogenated alkanes) is 1. The average Bonchev–Trinajstić information content (AvgIpc) is 2.75. The molecule has 2 rings (SSSR count). The summed E-state index contributed by atoms with van der Waals surface area (Å²) in [6.45, 7) is 8.62. The molecule has 1 atom stereocenters. The summed E-state index contributed by atoms with van der Waals surface area (Å²) in [5.74, 6) is -0.508. The van der Waals surface area contributed by atoms with Crippen LogP contribution in [0.5, 0.6) is 0 Å². The Hall–Kier alpha value is -1.83. The van der Waals surface area contributed by atoms with Gasteiger partial charge >= 0.3 is 5.97 Å². The van der Waals surface area contributed by atoms with Crippen molar-refractivity contribution in [3.8, 4) is 11.1 Å². The normalized spacial score (nSPS) is 12.7. The van der Waals surface area contributed by atoms with Crippen LogP contribution in [-0.4, -0.2) is 11.1 Å². The van der Waals surface area contributed by atoms with E-state index in [0.29, 0.717) is 12.3 Å². The van der Waals surface area contributed by atoms with Crippen molar-refractivity contribution in [2.24, 2.45) is 5.92 Å². The molecule has 1 N–H and O–H groups in total. The summed E-state index contributed by atoms with van der Waals surface area (Å²) < 4.78 is 0. The summed E-state index contributed by atoms with van der Waals surface area (Å²) in [7, 11) is 0. The van der Waals surface area contributed by atoms with E-state index < -0.39 is 5.97 Å². The van der Waals surface area contributed by atoms with Crippen LogP contribution in [0.3, 0.4) is 0 Å². The number of carboxylic acid groups (broad SMARTS) is 1. The fraction of sp³-hybridized carbons (Fsp3) is 0.476. The number of hydrogen-bond donors (Lipinski definition) is 1. The minimum absolute atomic E-state index is 0.293. The number of rotatable bonds is 7. The van der Waals surface area contributed by atoms with Gasteiger partial charge in [0.2, 0.25) is 0 Å². The molecule has 23 heavy (non-hydrogen) atoms. The number of carbonyl (C=O) groups is 1. The summed E-state index contributed by atoms with van der Waals surface area (Å²) in [6.07, 6.45) is 3.37. The van der Waals surface area contributed by atoms with Crippen LogP contribution in [0.4, 0.5) is 0 Å². The Morgan fingerprint density at radius 2 is 1.87 bits per heavy atom. The predicted molar refractivity (Wildman–Crippen MR) is 96.2 cm³/mol. The van der Waals surface area contributed by atoms with Crippen LogP contribution in [0, 0.1) is 12.8 Å². The molecule has 0 fully saturated rings. The minimum Gasteiger partial charge on any atom is -0.481 e. The first kappa shape index (κ1) is 17.5. The van der Waals surface area contributed by atoms with Gasteiger partial charge < -0.3 is 5.11 Å². The quantitative estimate of drug-likeness (QED) is 0.716. The number of aliphatic carboxylic acids is 1. The largest absolute Gasteiger partial charge is 0.481 e. The van der Waals surface area contributed by atoms with Crippen LogP contribution in [0.15, 0.2) is 30.3 Å². The van der Waals surface area contributed by atoms with Crippen molar-refractivity contribution in [1.29, 1.82) is 0 Å². The highest BCUT2D eigenvalue weighted by atomic mass is 16.4. The van der Waals surface area contributed by atoms with E-state index in [1.54, 1.807) is 0 Å². The third-order valence-corrected chi connectivity index (χ3v) is 4.74. The molecule has 0 bridgehead atoms. The monoisotopic (exact) mass is 312 g/mol. The zero-order valence-electron chi connectivity index (χ0n) is 14.7. The lowest BCUT2D eigenvalue weighted by molar-refractivity contribution is -0.141. The molecule has 2 aliphatic carbocycles. The lowest BCUT2D eigenvalue weighted by Crippen LogP contribution is -2.16. The van der Waals surface area contributed by atoms with Crippen LogP contribution in [0.2, 0.25) is 0 Å². The lowest BCUT2D eigenvalue weighted by atomic mass is 9.92. The molecule has 124 valence electrons. The van der Waals surface area contributed by atoms with E-state index in [2.05, 4.69) is 58.0 Å². The molecular formula is C21H28O2. The number of hydrogen-bond acceptors (Lipinski definition) is 1. The van der Waals surface area contributed by atoms with Gasteiger partial charge in [0.05, 0.1) is 5.92 Å². The number of fused-ring (bicyclic) bond motifs is 1. The average molecular weight is 312 g/mol. The molecule has 0 spiro atoms. The van der Waals surface area contributed by atoms with Crippen LogP contribution in [-0.2, 0) is 11.2 Å². The van der Waals surface area contributed by atoms with E-state index in [9.17, 15) is 9.90 Å². The van der Waals surface area contributed by atoms with Crippen molar-refractivity contribution >= 4 is 5.97 Å². The summed E-state index contributed by atoms with van der Waals surface area (Å²) >= 11 is 0. The van der Waals surface area contributed by atoms with Gasteiger partial charge in [-0.15, -0.1) is 0 Å². The van der Waals surface area contributed by atoms with E-state index in [-0.39, 0.29) is 5.92 Å². The third-order valence-electron chi connectivity index (χ3n) is 4.74. The molecule has 0 heterocycles. The molecule has 0 radical (unpaired) electrons. The molecule has 0 aromatic heterocycles. The second kappa shape index (κ2) is 7.63. The fourth-order valence-corrected chi connectivity index (χ4v) is 3.14. The molecule has 0 saturated carbocycles. The van der Waals surface area contributed by atoms with Crippen molar-refractivity contribution in [2.45, 2.75) is 59.3 Å².